The second-order valence-electron chi connectivity index (χ2n) is 10.7. The van der Waals surface area contributed by atoms with E-state index in [1.807, 2.05) is 44.2 Å². The molecule has 2 amide bonds. The molecule has 1 N–H and O–H groups in total. The lowest BCUT2D eigenvalue weighted by atomic mass is 9.68. The number of phenols is 1. The fraction of sp³-hybridized carbons (Fsp3) is 0.452. The lowest BCUT2D eigenvalue weighted by molar-refractivity contribution is -0.138. The second-order valence-corrected chi connectivity index (χ2v) is 10.7. The Labute approximate surface area is 219 Å². The molecule has 0 bridgehead atoms. The van der Waals surface area contributed by atoms with Crippen molar-refractivity contribution in [2.45, 2.75) is 59.0 Å². The second kappa shape index (κ2) is 10.3. The molecule has 0 spiro atoms. The van der Waals surface area contributed by atoms with E-state index in [0.29, 0.717) is 18.8 Å². The lowest BCUT2D eigenvalue weighted by Gasteiger charge is -2.32. The Morgan fingerprint density at radius 3 is 2.59 bits per heavy atom. The Morgan fingerprint density at radius 2 is 1.92 bits per heavy atom. The molecule has 2 fully saturated rings. The highest BCUT2D eigenvalue weighted by atomic mass is 16.5. The zero-order valence-corrected chi connectivity index (χ0v) is 22.2. The monoisotopic (exact) mass is 500 g/mol. The Bertz CT molecular complexity index is 1260. The van der Waals surface area contributed by atoms with Gasteiger partial charge in [0.25, 0.3) is 0 Å². The molecular weight excluding hydrogens is 464 g/mol. The van der Waals surface area contributed by atoms with Gasteiger partial charge in [-0.05, 0) is 97.7 Å². The number of aromatic hydroxyl groups is 1. The first-order valence-electron chi connectivity index (χ1n) is 13.4. The smallest absolute Gasteiger partial charge is 0.233 e. The number of pyridine rings is 1. The van der Waals surface area contributed by atoms with Crippen LogP contribution in [0.5, 0.6) is 5.75 Å². The molecule has 6 heteroatoms. The quantitative estimate of drug-likeness (QED) is 0.403. The van der Waals surface area contributed by atoms with Gasteiger partial charge in [0.2, 0.25) is 11.8 Å². The maximum absolute atomic E-state index is 13.0. The average Bonchev–Trinajstić information content (AvgIpc) is 3.41. The van der Waals surface area contributed by atoms with E-state index in [-0.39, 0.29) is 35.7 Å². The van der Waals surface area contributed by atoms with Crippen LogP contribution in [0.3, 0.4) is 0 Å². The van der Waals surface area contributed by atoms with E-state index < -0.39 is 0 Å². The van der Waals surface area contributed by atoms with Crippen LogP contribution in [0.15, 0.2) is 47.7 Å². The van der Waals surface area contributed by atoms with Crippen molar-refractivity contribution in [3.63, 3.8) is 0 Å². The van der Waals surface area contributed by atoms with Crippen LogP contribution in [0.25, 0.3) is 11.6 Å². The number of allylic oxidation sites excluding steroid dienone is 2. The number of amides is 2. The van der Waals surface area contributed by atoms with Gasteiger partial charge >= 0.3 is 0 Å². The van der Waals surface area contributed by atoms with Gasteiger partial charge in [-0.25, -0.2) is 0 Å². The third-order valence-corrected chi connectivity index (χ3v) is 8.30. The fourth-order valence-corrected chi connectivity index (χ4v) is 6.56. The zero-order valence-electron chi connectivity index (χ0n) is 22.2. The van der Waals surface area contributed by atoms with Crippen molar-refractivity contribution in [1.82, 2.24) is 9.88 Å². The van der Waals surface area contributed by atoms with Crippen LogP contribution >= 0.6 is 0 Å². The number of aryl methyl sites for hydroxylation is 2. The molecule has 6 nitrogen and oxygen atoms in total. The maximum atomic E-state index is 13.0. The van der Waals surface area contributed by atoms with Gasteiger partial charge in [-0.1, -0.05) is 25.0 Å². The molecule has 2 aliphatic heterocycles. The van der Waals surface area contributed by atoms with Gasteiger partial charge < -0.3 is 9.84 Å². The summed E-state index contributed by atoms with van der Waals surface area (Å²) in [6, 6.07) is 9.92. The van der Waals surface area contributed by atoms with Gasteiger partial charge in [0.15, 0.2) is 0 Å². The molecule has 3 heterocycles. The predicted octanol–water partition coefficient (Wildman–Crippen LogP) is 5.47. The topological polar surface area (TPSA) is 79.7 Å². The molecule has 194 valence electrons. The summed E-state index contributed by atoms with van der Waals surface area (Å²) in [4.78, 5) is 31.7. The van der Waals surface area contributed by atoms with Crippen molar-refractivity contribution in [1.29, 1.82) is 0 Å². The number of rotatable bonds is 7. The van der Waals surface area contributed by atoms with Gasteiger partial charge in [-0.2, -0.15) is 0 Å². The first kappa shape index (κ1) is 25.4. The van der Waals surface area contributed by atoms with E-state index in [2.05, 4.69) is 18.0 Å². The molecule has 0 radical (unpaired) electrons. The minimum absolute atomic E-state index is 0.00335. The average molecular weight is 501 g/mol. The number of imide groups is 1. The Morgan fingerprint density at radius 1 is 1.16 bits per heavy atom. The van der Waals surface area contributed by atoms with Crippen molar-refractivity contribution >= 4 is 23.5 Å². The van der Waals surface area contributed by atoms with Crippen LogP contribution in [0.4, 0.5) is 0 Å². The molecule has 1 aliphatic carbocycles. The van der Waals surface area contributed by atoms with Gasteiger partial charge in [0.1, 0.15) is 5.75 Å². The van der Waals surface area contributed by atoms with Crippen LogP contribution in [0.2, 0.25) is 0 Å². The molecule has 0 unspecified atom stereocenters. The van der Waals surface area contributed by atoms with E-state index in [1.165, 1.54) is 16.0 Å². The zero-order chi connectivity index (χ0) is 26.3. The highest BCUT2D eigenvalue weighted by Gasteiger charge is 2.55. The first-order valence-corrected chi connectivity index (χ1v) is 13.4. The van der Waals surface area contributed by atoms with Crippen molar-refractivity contribution in [2.24, 2.45) is 17.8 Å². The molecule has 3 aliphatic rings. The van der Waals surface area contributed by atoms with Crippen molar-refractivity contribution in [2.75, 3.05) is 13.7 Å². The maximum Gasteiger partial charge on any atom is 0.233 e. The predicted molar refractivity (Wildman–Crippen MR) is 143 cm³/mol. The summed E-state index contributed by atoms with van der Waals surface area (Å²) in [5.74, 6) is -0.280. The summed E-state index contributed by atoms with van der Waals surface area (Å²) in [5, 5.41) is 10.2. The van der Waals surface area contributed by atoms with Gasteiger partial charge in [0.05, 0.1) is 30.2 Å². The third kappa shape index (κ3) is 4.63. The Kier molecular flexibility index (Phi) is 7.04. The van der Waals surface area contributed by atoms with E-state index in [0.717, 1.165) is 53.6 Å². The summed E-state index contributed by atoms with van der Waals surface area (Å²) in [7, 11) is 1.62. The molecule has 0 saturated carbocycles. The van der Waals surface area contributed by atoms with Gasteiger partial charge in [0, 0.05) is 19.2 Å². The SMILES string of the molecule is CCCC1=C2[C@@H](CC/C(=C/c3cc(C)c(O)c(C)c3)c3ccccn3)OC[C@@H]2[C@@H]2C(=O)N(C)C(=O)[C@@H]2C1. The highest BCUT2D eigenvalue weighted by Crippen LogP contribution is 2.50. The molecule has 2 aromatic rings. The van der Waals surface area contributed by atoms with Crippen molar-refractivity contribution < 1.29 is 19.4 Å². The van der Waals surface area contributed by atoms with Gasteiger partial charge in [-0.3, -0.25) is 19.5 Å². The van der Waals surface area contributed by atoms with E-state index in [4.69, 9.17) is 4.74 Å². The van der Waals surface area contributed by atoms with Crippen LogP contribution < -0.4 is 0 Å². The first-order chi connectivity index (χ1) is 17.8. The number of likely N-dealkylation sites (tertiary alicyclic amines) is 1. The molecule has 5 rings (SSSR count). The van der Waals surface area contributed by atoms with E-state index in [1.54, 1.807) is 13.2 Å². The number of hydrogen-bond donors (Lipinski definition) is 1. The Hall–Kier alpha value is -3.25. The van der Waals surface area contributed by atoms with E-state index in [9.17, 15) is 14.7 Å². The normalized spacial score (nSPS) is 25.6. The van der Waals surface area contributed by atoms with E-state index >= 15 is 0 Å². The largest absolute Gasteiger partial charge is 0.507 e. The molecular formula is C31H36N2O4. The molecule has 4 atom stereocenters. The van der Waals surface area contributed by atoms with Crippen LogP contribution in [-0.2, 0) is 14.3 Å². The van der Waals surface area contributed by atoms with Crippen molar-refractivity contribution in [3.05, 3.63) is 70.1 Å². The highest BCUT2D eigenvalue weighted by molar-refractivity contribution is 6.05. The molecule has 2 saturated heterocycles. The molecule has 1 aromatic carbocycles. The summed E-state index contributed by atoms with van der Waals surface area (Å²) in [6.45, 7) is 6.49. The third-order valence-electron chi connectivity index (χ3n) is 8.30. The number of nitrogens with zero attached hydrogens (tertiary/aromatic N) is 2. The van der Waals surface area contributed by atoms with Crippen molar-refractivity contribution in [3.8, 4) is 5.75 Å². The minimum Gasteiger partial charge on any atom is -0.507 e. The molecule has 1 aromatic heterocycles. The number of benzene rings is 1. The number of phenolic OH excluding ortho intramolecular Hbond substituents is 1. The summed E-state index contributed by atoms with van der Waals surface area (Å²) in [5.41, 5.74) is 7.35. The summed E-state index contributed by atoms with van der Waals surface area (Å²) < 4.78 is 6.37. The van der Waals surface area contributed by atoms with Crippen LogP contribution in [0.1, 0.15) is 61.4 Å². The minimum atomic E-state index is -0.285. The number of carbonyl (C=O) groups excluding carboxylic acids is 2. The number of carbonyl (C=O) groups is 2. The van der Waals surface area contributed by atoms with Crippen LogP contribution in [-0.4, -0.2) is 46.6 Å². The lowest BCUT2D eigenvalue weighted by Crippen LogP contribution is -2.34. The fourth-order valence-electron chi connectivity index (χ4n) is 6.56. The number of aromatic nitrogens is 1. The Balaban J connectivity index is 1.45. The molecule has 37 heavy (non-hydrogen) atoms. The van der Waals surface area contributed by atoms with Gasteiger partial charge in [-0.15, -0.1) is 0 Å². The summed E-state index contributed by atoms with van der Waals surface area (Å²) >= 11 is 0. The summed E-state index contributed by atoms with van der Waals surface area (Å²) in [6.07, 6.45) is 8.07. The number of hydrogen-bond acceptors (Lipinski definition) is 5. The number of ether oxygens (including phenoxy) is 1. The van der Waals surface area contributed by atoms with Crippen LogP contribution in [0, 0.1) is 31.6 Å². The standard InChI is InChI=1S/C31H36N2O4/c1-5-8-22-16-23-28(31(36)33(4)30(23)35)24-17-37-26(27(22)24)11-10-21(25-9-6-7-12-32-25)15-20-13-18(2)29(34)19(3)14-20/h6-7,9,12-15,23-24,26,28,34H,5,8,10-11,16-17H2,1-4H3/b21-15-/t23-,24+,26-,28-/m1/s1. The number of fused-ring (bicyclic) bond motifs is 3.